The van der Waals surface area contributed by atoms with E-state index >= 15 is 0 Å². The van der Waals surface area contributed by atoms with E-state index in [1.54, 1.807) is 0 Å². The Labute approximate surface area is 71.3 Å². The van der Waals surface area contributed by atoms with Crippen LogP contribution in [0.25, 0.3) is 0 Å². The molecule has 0 heterocycles. The molecule has 2 N–H and O–H groups in total. The third kappa shape index (κ3) is 0.958. The van der Waals surface area contributed by atoms with E-state index < -0.39 is 5.41 Å². The van der Waals surface area contributed by atoms with Crippen molar-refractivity contribution in [3.8, 4) is 0 Å². The summed E-state index contributed by atoms with van der Waals surface area (Å²) in [6.07, 6.45) is 3.77. The first-order valence-corrected chi connectivity index (χ1v) is 4.44. The van der Waals surface area contributed by atoms with Gasteiger partial charge in [-0.1, -0.05) is 0 Å². The fourth-order valence-electron chi connectivity index (χ4n) is 2.65. The van der Waals surface area contributed by atoms with Crippen LogP contribution in [0.5, 0.6) is 0 Å². The first-order valence-electron chi connectivity index (χ1n) is 4.44. The molecule has 2 bridgehead atoms. The number of hydrogen-bond donors (Lipinski definition) is 1. The first-order chi connectivity index (χ1) is 5.62. The topological polar surface area (TPSA) is 60.2 Å². The molecule has 0 aromatic carbocycles. The standard InChI is InChI=1S/C9H13NO2/c10-8(12)9-2-1-6(4-9)3-7(11)5-9/h6H,1-5H2,(H2,10,12). The number of rotatable bonds is 1. The van der Waals surface area contributed by atoms with Crippen LogP contribution in [-0.4, -0.2) is 11.7 Å². The lowest BCUT2D eigenvalue weighted by Crippen LogP contribution is -2.39. The largest absolute Gasteiger partial charge is 0.369 e. The Bertz CT molecular complexity index is 249. The number of carbonyl (C=O) groups excluding carboxylic acids is 2. The normalized spacial score (nSPS) is 40.0. The number of fused-ring (bicyclic) bond motifs is 2. The summed E-state index contributed by atoms with van der Waals surface area (Å²) in [7, 11) is 0. The molecule has 0 aromatic rings. The van der Waals surface area contributed by atoms with Gasteiger partial charge in [-0.2, -0.15) is 0 Å². The highest BCUT2D eigenvalue weighted by atomic mass is 16.1. The van der Waals surface area contributed by atoms with Gasteiger partial charge in [-0.3, -0.25) is 9.59 Å². The Morgan fingerprint density at radius 3 is 3.00 bits per heavy atom. The van der Waals surface area contributed by atoms with Crippen LogP contribution in [0.2, 0.25) is 0 Å². The number of hydrogen-bond acceptors (Lipinski definition) is 2. The van der Waals surface area contributed by atoms with E-state index in [4.69, 9.17) is 5.73 Å². The van der Waals surface area contributed by atoms with Gasteiger partial charge in [0.25, 0.3) is 0 Å². The number of ketones is 1. The highest BCUT2D eigenvalue weighted by Gasteiger charge is 2.49. The molecular weight excluding hydrogens is 154 g/mol. The fraction of sp³-hybridized carbons (Fsp3) is 0.778. The lowest BCUT2D eigenvalue weighted by atomic mass is 9.75. The molecule has 2 atom stereocenters. The summed E-state index contributed by atoms with van der Waals surface area (Å²) >= 11 is 0. The van der Waals surface area contributed by atoms with Crippen molar-refractivity contribution < 1.29 is 9.59 Å². The summed E-state index contributed by atoms with van der Waals surface area (Å²) < 4.78 is 0. The van der Waals surface area contributed by atoms with E-state index in [0.717, 1.165) is 19.3 Å². The van der Waals surface area contributed by atoms with Crippen molar-refractivity contribution >= 4 is 11.7 Å². The van der Waals surface area contributed by atoms with Crippen molar-refractivity contribution in [1.82, 2.24) is 0 Å². The van der Waals surface area contributed by atoms with Crippen molar-refractivity contribution in [2.24, 2.45) is 17.1 Å². The average Bonchev–Trinajstić information content (AvgIpc) is 2.28. The van der Waals surface area contributed by atoms with E-state index in [1.165, 1.54) is 0 Å². The van der Waals surface area contributed by atoms with Gasteiger partial charge in [0.05, 0.1) is 5.41 Å². The summed E-state index contributed by atoms with van der Waals surface area (Å²) in [5.41, 5.74) is 4.87. The summed E-state index contributed by atoms with van der Waals surface area (Å²) in [6.45, 7) is 0. The van der Waals surface area contributed by atoms with Crippen LogP contribution in [0.4, 0.5) is 0 Å². The lowest BCUT2D eigenvalue weighted by Gasteiger charge is -2.28. The number of carbonyl (C=O) groups is 2. The summed E-state index contributed by atoms with van der Waals surface area (Å²) in [5, 5.41) is 0. The maximum atomic E-state index is 11.2. The Morgan fingerprint density at radius 2 is 2.33 bits per heavy atom. The fourth-order valence-corrected chi connectivity index (χ4v) is 2.65. The molecule has 12 heavy (non-hydrogen) atoms. The molecule has 3 heteroatoms. The van der Waals surface area contributed by atoms with Crippen molar-refractivity contribution in [1.29, 1.82) is 0 Å². The predicted molar refractivity (Wildman–Crippen MR) is 43.2 cm³/mol. The second-order valence-corrected chi connectivity index (χ2v) is 4.17. The second kappa shape index (κ2) is 2.31. The highest BCUT2D eigenvalue weighted by Crippen LogP contribution is 2.49. The molecule has 2 saturated carbocycles. The number of nitrogens with two attached hydrogens (primary N) is 1. The molecule has 2 aliphatic rings. The van der Waals surface area contributed by atoms with E-state index in [9.17, 15) is 9.59 Å². The van der Waals surface area contributed by atoms with Gasteiger partial charge in [0.15, 0.2) is 0 Å². The van der Waals surface area contributed by atoms with Crippen LogP contribution < -0.4 is 5.73 Å². The number of amides is 1. The van der Waals surface area contributed by atoms with E-state index in [2.05, 4.69) is 0 Å². The quantitative estimate of drug-likeness (QED) is 0.622. The number of Topliss-reactive ketones (excluding diaryl/α,β-unsaturated/α-hetero) is 1. The second-order valence-electron chi connectivity index (χ2n) is 4.17. The zero-order valence-electron chi connectivity index (χ0n) is 7.01. The lowest BCUT2D eigenvalue weighted by molar-refractivity contribution is -0.135. The Kier molecular flexibility index (Phi) is 1.50. The maximum absolute atomic E-state index is 11.2. The van der Waals surface area contributed by atoms with Crippen LogP contribution in [-0.2, 0) is 9.59 Å². The van der Waals surface area contributed by atoms with Gasteiger partial charge >= 0.3 is 0 Å². The zero-order chi connectivity index (χ0) is 8.77. The van der Waals surface area contributed by atoms with Gasteiger partial charge in [-0.05, 0) is 25.2 Å². The molecule has 0 radical (unpaired) electrons. The summed E-state index contributed by atoms with van der Waals surface area (Å²) in [5.74, 6) is 0.402. The predicted octanol–water partition coefficient (Wildman–Crippen LogP) is 0.621. The van der Waals surface area contributed by atoms with Crippen LogP contribution >= 0.6 is 0 Å². The minimum atomic E-state index is -0.444. The van der Waals surface area contributed by atoms with Crippen LogP contribution in [0, 0.1) is 11.3 Å². The SMILES string of the molecule is NC(=O)C12CCC(CC(=O)C1)C2. The third-order valence-corrected chi connectivity index (χ3v) is 3.29. The van der Waals surface area contributed by atoms with Gasteiger partial charge < -0.3 is 5.73 Å². The molecule has 2 rings (SSSR count). The molecule has 2 unspecified atom stereocenters. The monoisotopic (exact) mass is 167 g/mol. The minimum absolute atomic E-state index is 0.225. The summed E-state index contributed by atoms with van der Waals surface area (Å²) in [6, 6.07) is 0. The molecule has 2 aliphatic carbocycles. The number of primary amides is 1. The highest BCUT2D eigenvalue weighted by molar-refractivity contribution is 5.90. The smallest absolute Gasteiger partial charge is 0.224 e. The molecule has 0 aliphatic heterocycles. The average molecular weight is 167 g/mol. The molecule has 0 spiro atoms. The van der Waals surface area contributed by atoms with Gasteiger partial charge in [-0.25, -0.2) is 0 Å². The molecular formula is C9H13NO2. The first kappa shape index (κ1) is 7.77. The Morgan fingerprint density at radius 1 is 1.58 bits per heavy atom. The Hall–Kier alpha value is -0.860. The minimum Gasteiger partial charge on any atom is -0.369 e. The molecule has 1 amide bonds. The molecule has 0 aromatic heterocycles. The van der Waals surface area contributed by atoms with Crippen molar-refractivity contribution in [3.63, 3.8) is 0 Å². The van der Waals surface area contributed by atoms with Gasteiger partial charge in [0.1, 0.15) is 5.78 Å². The van der Waals surface area contributed by atoms with E-state index in [1.807, 2.05) is 0 Å². The van der Waals surface area contributed by atoms with E-state index in [0.29, 0.717) is 18.8 Å². The van der Waals surface area contributed by atoms with Gasteiger partial charge in [-0.15, -0.1) is 0 Å². The Balaban J connectivity index is 2.27. The molecule has 66 valence electrons. The van der Waals surface area contributed by atoms with Crippen molar-refractivity contribution in [3.05, 3.63) is 0 Å². The van der Waals surface area contributed by atoms with Crippen molar-refractivity contribution in [2.45, 2.75) is 32.1 Å². The van der Waals surface area contributed by atoms with Crippen LogP contribution in [0.1, 0.15) is 32.1 Å². The molecule has 3 nitrogen and oxygen atoms in total. The molecule has 2 fully saturated rings. The zero-order valence-corrected chi connectivity index (χ0v) is 7.01. The van der Waals surface area contributed by atoms with Gasteiger partial charge in [0.2, 0.25) is 5.91 Å². The summed E-state index contributed by atoms with van der Waals surface area (Å²) in [4.78, 5) is 22.4. The maximum Gasteiger partial charge on any atom is 0.224 e. The van der Waals surface area contributed by atoms with Gasteiger partial charge in [0, 0.05) is 12.8 Å². The van der Waals surface area contributed by atoms with Crippen molar-refractivity contribution in [2.75, 3.05) is 0 Å². The van der Waals surface area contributed by atoms with E-state index in [-0.39, 0.29) is 11.7 Å². The third-order valence-electron chi connectivity index (χ3n) is 3.29. The van der Waals surface area contributed by atoms with Crippen LogP contribution in [0.3, 0.4) is 0 Å². The molecule has 0 saturated heterocycles. The van der Waals surface area contributed by atoms with Crippen LogP contribution in [0.15, 0.2) is 0 Å².